The highest BCUT2D eigenvalue weighted by Gasteiger charge is 2.26. The fourth-order valence-electron chi connectivity index (χ4n) is 3.06. The molecule has 0 atom stereocenters. The second-order valence-electron chi connectivity index (χ2n) is 5.52. The van der Waals surface area contributed by atoms with E-state index in [9.17, 15) is 9.59 Å². The molecule has 0 saturated heterocycles. The Bertz CT molecular complexity index is 248. The molecule has 0 aliphatic heterocycles. The molecule has 2 amide bonds. The number of rotatable bonds is 2. The van der Waals surface area contributed by atoms with Crippen molar-refractivity contribution in [1.82, 2.24) is 5.32 Å². The molecule has 0 heterocycles. The number of nitrogens with one attached hydrogen (secondary N) is 1. The van der Waals surface area contributed by atoms with E-state index in [0.717, 1.165) is 51.4 Å². The van der Waals surface area contributed by atoms with E-state index in [1.165, 1.54) is 12.8 Å². The first-order chi connectivity index (χ1) is 8.27. The highest BCUT2D eigenvalue weighted by Crippen LogP contribution is 2.25. The van der Waals surface area contributed by atoms with Crippen molar-refractivity contribution in [2.75, 3.05) is 0 Å². The van der Waals surface area contributed by atoms with Gasteiger partial charge in [0.1, 0.15) is 0 Å². The smallest absolute Gasteiger partial charge is 0.229 e. The first kappa shape index (κ1) is 12.6. The second kappa shape index (κ2) is 6.18. The highest BCUT2D eigenvalue weighted by atomic mass is 16.2. The van der Waals surface area contributed by atoms with Gasteiger partial charge in [0, 0.05) is 11.8 Å². The maximum atomic E-state index is 11.9. The van der Waals surface area contributed by atoms with E-state index in [2.05, 4.69) is 5.32 Å². The van der Waals surface area contributed by atoms with Gasteiger partial charge in [0.15, 0.2) is 0 Å². The molecule has 2 aliphatic rings. The zero-order chi connectivity index (χ0) is 12.1. The molecular formula is C14H23NO2. The van der Waals surface area contributed by atoms with Gasteiger partial charge in [-0.1, -0.05) is 38.5 Å². The predicted molar refractivity (Wildman–Crippen MR) is 66.3 cm³/mol. The van der Waals surface area contributed by atoms with Gasteiger partial charge in [-0.25, -0.2) is 0 Å². The summed E-state index contributed by atoms with van der Waals surface area (Å²) >= 11 is 0. The van der Waals surface area contributed by atoms with Gasteiger partial charge >= 0.3 is 0 Å². The summed E-state index contributed by atoms with van der Waals surface area (Å²) in [6.45, 7) is 0. The molecule has 0 spiro atoms. The average molecular weight is 237 g/mol. The zero-order valence-corrected chi connectivity index (χ0v) is 10.5. The maximum Gasteiger partial charge on any atom is 0.229 e. The van der Waals surface area contributed by atoms with Crippen LogP contribution in [0.2, 0.25) is 0 Å². The lowest BCUT2D eigenvalue weighted by atomic mass is 9.87. The third-order valence-electron chi connectivity index (χ3n) is 4.20. The van der Waals surface area contributed by atoms with Gasteiger partial charge < -0.3 is 0 Å². The Hall–Kier alpha value is -0.860. The Morgan fingerprint density at radius 3 is 1.35 bits per heavy atom. The Balaban J connectivity index is 1.78. The van der Waals surface area contributed by atoms with Crippen LogP contribution in [0, 0.1) is 11.8 Å². The molecule has 0 aromatic carbocycles. The molecule has 0 radical (unpaired) electrons. The second-order valence-corrected chi connectivity index (χ2v) is 5.52. The van der Waals surface area contributed by atoms with E-state index in [1.54, 1.807) is 0 Å². The van der Waals surface area contributed by atoms with E-state index >= 15 is 0 Å². The number of imide groups is 1. The van der Waals surface area contributed by atoms with Gasteiger partial charge in [-0.2, -0.15) is 0 Å². The summed E-state index contributed by atoms with van der Waals surface area (Å²) in [5.41, 5.74) is 0. The molecule has 2 rings (SSSR count). The van der Waals surface area contributed by atoms with Crippen molar-refractivity contribution in [3.8, 4) is 0 Å². The Morgan fingerprint density at radius 1 is 0.647 bits per heavy atom. The number of carbonyl (C=O) groups excluding carboxylic acids is 2. The average Bonchev–Trinajstić information content (AvgIpc) is 2.40. The normalized spacial score (nSPS) is 23.3. The molecular weight excluding hydrogens is 214 g/mol. The summed E-state index contributed by atoms with van der Waals surface area (Å²) in [6.07, 6.45) is 10.9. The summed E-state index contributed by atoms with van der Waals surface area (Å²) in [7, 11) is 0. The Morgan fingerprint density at radius 2 is 1.00 bits per heavy atom. The van der Waals surface area contributed by atoms with Crippen molar-refractivity contribution in [3.05, 3.63) is 0 Å². The van der Waals surface area contributed by atoms with Crippen molar-refractivity contribution < 1.29 is 9.59 Å². The highest BCUT2D eigenvalue weighted by molar-refractivity contribution is 5.97. The van der Waals surface area contributed by atoms with E-state index in [4.69, 9.17) is 0 Å². The number of amides is 2. The van der Waals surface area contributed by atoms with Crippen LogP contribution in [-0.2, 0) is 9.59 Å². The van der Waals surface area contributed by atoms with Gasteiger partial charge in [-0.3, -0.25) is 14.9 Å². The van der Waals surface area contributed by atoms with Crippen LogP contribution in [0.4, 0.5) is 0 Å². The van der Waals surface area contributed by atoms with Crippen LogP contribution in [0.1, 0.15) is 64.2 Å². The van der Waals surface area contributed by atoms with Crippen LogP contribution in [0.15, 0.2) is 0 Å². The third kappa shape index (κ3) is 3.55. The number of hydrogen-bond acceptors (Lipinski definition) is 2. The molecule has 3 heteroatoms. The van der Waals surface area contributed by atoms with Crippen LogP contribution in [-0.4, -0.2) is 11.8 Å². The topological polar surface area (TPSA) is 46.2 Å². The molecule has 0 aromatic heterocycles. The monoisotopic (exact) mass is 237 g/mol. The Labute approximate surface area is 103 Å². The SMILES string of the molecule is O=C(NC(=O)C1CCCCC1)C1CCCCC1. The molecule has 1 N–H and O–H groups in total. The minimum atomic E-state index is -0.0136. The van der Waals surface area contributed by atoms with E-state index in [1.807, 2.05) is 0 Å². The van der Waals surface area contributed by atoms with E-state index < -0.39 is 0 Å². The molecule has 96 valence electrons. The molecule has 3 nitrogen and oxygen atoms in total. The van der Waals surface area contributed by atoms with Crippen molar-refractivity contribution in [2.45, 2.75) is 64.2 Å². The molecule has 2 aliphatic carbocycles. The summed E-state index contributed by atoms with van der Waals surface area (Å²) in [5, 5.41) is 2.64. The van der Waals surface area contributed by atoms with Crippen molar-refractivity contribution in [3.63, 3.8) is 0 Å². The quantitative estimate of drug-likeness (QED) is 0.751. The van der Waals surface area contributed by atoms with Gasteiger partial charge in [-0.15, -0.1) is 0 Å². The molecule has 0 aromatic rings. The van der Waals surface area contributed by atoms with Crippen LogP contribution < -0.4 is 5.32 Å². The fourth-order valence-corrected chi connectivity index (χ4v) is 3.06. The summed E-state index contributed by atoms with van der Waals surface area (Å²) in [6, 6.07) is 0. The molecule has 2 saturated carbocycles. The van der Waals surface area contributed by atoms with Crippen molar-refractivity contribution >= 4 is 11.8 Å². The zero-order valence-electron chi connectivity index (χ0n) is 10.5. The first-order valence-corrected chi connectivity index (χ1v) is 7.12. The third-order valence-corrected chi connectivity index (χ3v) is 4.20. The molecule has 0 unspecified atom stereocenters. The van der Waals surface area contributed by atoms with Crippen LogP contribution >= 0.6 is 0 Å². The van der Waals surface area contributed by atoms with Crippen LogP contribution in [0.3, 0.4) is 0 Å². The largest absolute Gasteiger partial charge is 0.296 e. The van der Waals surface area contributed by atoms with Crippen LogP contribution in [0.25, 0.3) is 0 Å². The number of hydrogen-bond donors (Lipinski definition) is 1. The lowest BCUT2D eigenvalue weighted by Gasteiger charge is -2.23. The minimum Gasteiger partial charge on any atom is -0.296 e. The predicted octanol–water partition coefficient (Wildman–Crippen LogP) is 2.79. The number of carbonyl (C=O) groups is 2. The van der Waals surface area contributed by atoms with Gasteiger partial charge in [0.05, 0.1) is 0 Å². The lowest BCUT2D eigenvalue weighted by molar-refractivity contribution is -0.135. The van der Waals surface area contributed by atoms with Crippen molar-refractivity contribution in [1.29, 1.82) is 0 Å². The minimum absolute atomic E-state index is 0.0136. The first-order valence-electron chi connectivity index (χ1n) is 7.12. The van der Waals surface area contributed by atoms with E-state index in [0.29, 0.717) is 0 Å². The molecule has 2 fully saturated rings. The Kier molecular flexibility index (Phi) is 4.57. The van der Waals surface area contributed by atoms with Gasteiger partial charge in [0.2, 0.25) is 11.8 Å². The van der Waals surface area contributed by atoms with E-state index in [-0.39, 0.29) is 23.7 Å². The standard InChI is InChI=1S/C14H23NO2/c16-13(11-7-3-1-4-8-11)15-14(17)12-9-5-2-6-10-12/h11-12H,1-10H2,(H,15,16,17). The fraction of sp³-hybridized carbons (Fsp3) is 0.857. The molecule has 17 heavy (non-hydrogen) atoms. The van der Waals surface area contributed by atoms with Crippen molar-refractivity contribution in [2.24, 2.45) is 11.8 Å². The van der Waals surface area contributed by atoms with Gasteiger partial charge in [-0.05, 0) is 25.7 Å². The van der Waals surface area contributed by atoms with Gasteiger partial charge in [0.25, 0.3) is 0 Å². The summed E-state index contributed by atoms with van der Waals surface area (Å²) in [5.74, 6) is 0.160. The summed E-state index contributed by atoms with van der Waals surface area (Å²) in [4.78, 5) is 23.8. The molecule has 0 bridgehead atoms. The summed E-state index contributed by atoms with van der Waals surface area (Å²) < 4.78 is 0. The maximum absolute atomic E-state index is 11.9. The lowest BCUT2D eigenvalue weighted by Crippen LogP contribution is -2.40. The van der Waals surface area contributed by atoms with Crippen LogP contribution in [0.5, 0.6) is 0 Å².